The van der Waals surface area contributed by atoms with Gasteiger partial charge in [-0.05, 0) is 49.8 Å². The molecule has 0 bridgehead atoms. The van der Waals surface area contributed by atoms with E-state index in [0.29, 0.717) is 18.0 Å². The molecule has 3 rings (SSSR count). The minimum atomic E-state index is 0.309. The first-order chi connectivity index (χ1) is 9.75. The van der Waals surface area contributed by atoms with Crippen LogP contribution < -0.4 is 5.73 Å². The highest BCUT2D eigenvalue weighted by Crippen LogP contribution is 2.35. The van der Waals surface area contributed by atoms with Crippen LogP contribution in [0.3, 0.4) is 0 Å². The number of hydrogen-bond donors (Lipinski definition) is 1. The van der Waals surface area contributed by atoms with Gasteiger partial charge in [0.15, 0.2) is 0 Å². The van der Waals surface area contributed by atoms with Crippen molar-refractivity contribution in [3.05, 3.63) is 35.4 Å². The molecule has 1 aromatic rings. The van der Waals surface area contributed by atoms with E-state index in [4.69, 9.17) is 5.73 Å². The summed E-state index contributed by atoms with van der Waals surface area (Å²) < 4.78 is 0. The molecule has 3 unspecified atom stereocenters. The number of hydrogen-bond acceptors (Lipinski definition) is 3. The normalized spacial score (nSPS) is 28.9. The minimum absolute atomic E-state index is 0.309. The summed E-state index contributed by atoms with van der Waals surface area (Å²) in [7, 11) is 2.24. The van der Waals surface area contributed by atoms with Gasteiger partial charge in [0.05, 0.1) is 0 Å². The minimum Gasteiger partial charge on any atom is -0.326 e. The van der Waals surface area contributed by atoms with Crippen LogP contribution in [0.5, 0.6) is 0 Å². The zero-order valence-corrected chi connectivity index (χ0v) is 13.2. The average molecular weight is 290 g/mol. The van der Waals surface area contributed by atoms with Crippen LogP contribution in [0.4, 0.5) is 0 Å². The summed E-state index contributed by atoms with van der Waals surface area (Å²) in [5.74, 6) is 3.13. The molecule has 0 aromatic heterocycles. The fourth-order valence-corrected chi connectivity index (χ4v) is 5.07. The molecule has 0 radical (unpaired) electrons. The van der Waals surface area contributed by atoms with Crippen molar-refractivity contribution in [2.45, 2.75) is 43.7 Å². The van der Waals surface area contributed by atoms with Crippen LogP contribution >= 0.6 is 11.8 Å². The highest BCUT2D eigenvalue weighted by molar-refractivity contribution is 7.99. The number of likely N-dealkylation sites (N-methyl/N-ethyl adjacent to an activating group) is 1. The van der Waals surface area contributed by atoms with Crippen molar-refractivity contribution >= 4 is 11.8 Å². The Hall–Kier alpha value is -0.510. The molecular formula is C17H26N2S. The van der Waals surface area contributed by atoms with Gasteiger partial charge in [-0.15, -0.1) is 0 Å². The second kappa shape index (κ2) is 6.50. The lowest BCUT2D eigenvalue weighted by atomic mass is 9.79. The third-order valence-corrected chi connectivity index (χ3v) is 6.04. The van der Waals surface area contributed by atoms with E-state index in [1.807, 2.05) is 0 Å². The number of nitrogens with two attached hydrogens (primary N) is 1. The van der Waals surface area contributed by atoms with Gasteiger partial charge in [0.25, 0.3) is 0 Å². The number of aryl methyl sites for hydroxylation is 1. The Morgan fingerprint density at radius 1 is 1.40 bits per heavy atom. The van der Waals surface area contributed by atoms with Crippen LogP contribution in [0.2, 0.25) is 0 Å². The molecule has 1 fully saturated rings. The second-order valence-electron chi connectivity index (χ2n) is 6.31. The fourth-order valence-electron chi connectivity index (χ4n) is 3.74. The summed E-state index contributed by atoms with van der Waals surface area (Å²) in [5.41, 5.74) is 9.70. The molecule has 0 amide bonds. The molecule has 1 aromatic carbocycles. The van der Waals surface area contributed by atoms with Crippen molar-refractivity contribution in [3.63, 3.8) is 0 Å². The van der Waals surface area contributed by atoms with Crippen LogP contribution in [0.25, 0.3) is 0 Å². The Balaban J connectivity index is 1.69. The summed E-state index contributed by atoms with van der Waals surface area (Å²) in [6.07, 6.45) is 5.03. The van der Waals surface area contributed by atoms with Crippen LogP contribution in [0.1, 0.15) is 36.3 Å². The fraction of sp³-hybridized carbons (Fsp3) is 0.647. The molecule has 1 aliphatic carbocycles. The van der Waals surface area contributed by atoms with Gasteiger partial charge in [0.2, 0.25) is 0 Å². The summed E-state index contributed by atoms with van der Waals surface area (Å²) in [6.45, 7) is 1.18. The maximum Gasteiger partial charge on any atom is 0.0335 e. The smallest absolute Gasteiger partial charge is 0.0335 e. The number of benzene rings is 1. The van der Waals surface area contributed by atoms with E-state index in [9.17, 15) is 0 Å². The molecule has 0 spiro atoms. The maximum absolute atomic E-state index is 6.57. The molecule has 1 aliphatic heterocycles. The van der Waals surface area contributed by atoms with Gasteiger partial charge in [-0.2, -0.15) is 11.8 Å². The lowest BCUT2D eigenvalue weighted by Gasteiger charge is -2.38. The number of nitrogens with zero attached hydrogens (tertiary/aromatic N) is 1. The predicted molar refractivity (Wildman–Crippen MR) is 88.5 cm³/mol. The van der Waals surface area contributed by atoms with Crippen molar-refractivity contribution in [2.75, 3.05) is 25.1 Å². The number of fused-ring (bicyclic) bond motifs is 1. The first-order valence-electron chi connectivity index (χ1n) is 7.87. The highest BCUT2D eigenvalue weighted by Gasteiger charge is 2.29. The predicted octanol–water partition coefficient (Wildman–Crippen LogP) is 2.87. The molecule has 3 heteroatoms. The van der Waals surface area contributed by atoms with Gasteiger partial charge in [-0.3, -0.25) is 0 Å². The van der Waals surface area contributed by atoms with Crippen molar-refractivity contribution in [1.29, 1.82) is 0 Å². The highest BCUT2D eigenvalue weighted by atomic mass is 32.2. The quantitative estimate of drug-likeness (QED) is 0.928. The molecule has 2 aliphatic rings. The monoisotopic (exact) mass is 290 g/mol. The van der Waals surface area contributed by atoms with E-state index in [1.165, 1.54) is 37.3 Å². The molecule has 1 heterocycles. The number of rotatable bonds is 3. The van der Waals surface area contributed by atoms with E-state index in [1.54, 1.807) is 11.1 Å². The van der Waals surface area contributed by atoms with Crippen molar-refractivity contribution in [1.82, 2.24) is 4.90 Å². The van der Waals surface area contributed by atoms with Crippen molar-refractivity contribution < 1.29 is 0 Å². The molecule has 20 heavy (non-hydrogen) atoms. The molecule has 110 valence electrons. The topological polar surface area (TPSA) is 29.3 Å². The third-order valence-electron chi connectivity index (χ3n) is 4.99. The third kappa shape index (κ3) is 3.05. The zero-order chi connectivity index (χ0) is 13.9. The Labute approximate surface area is 127 Å². The standard InChI is InChI=1S/C17H26N2S/c1-19-9-10-20-12-17(19)16(18)11-14-7-4-6-13-5-2-3-8-15(13)14/h2-3,5,8,14,16-17H,4,6-7,9-12,18H2,1H3. The van der Waals surface area contributed by atoms with E-state index in [0.717, 1.165) is 6.42 Å². The maximum atomic E-state index is 6.57. The largest absolute Gasteiger partial charge is 0.326 e. The van der Waals surface area contributed by atoms with Crippen molar-refractivity contribution in [2.24, 2.45) is 5.73 Å². The van der Waals surface area contributed by atoms with Crippen LogP contribution in [0.15, 0.2) is 24.3 Å². The summed E-state index contributed by atoms with van der Waals surface area (Å²) in [5, 5.41) is 0. The summed E-state index contributed by atoms with van der Waals surface area (Å²) in [6, 6.07) is 9.85. The molecule has 1 saturated heterocycles. The van der Waals surface area contributed by atoms with E-state index in [-0.39, 0.29) is 0 Å². The van der Waals surface area contributed by atoms with Gasteiger partial charge in [-0.25, -0.2) is 0 Å². The molecule has 2 nitrogen and oxygen atoms in total. The van der Waals surface area contributed by atoms with Gasteiger partial charge < -0.3 is 10.6 Å². The first-order valence-corrected chi connectivity index (χ1v) is 9.02. The molecule has 2 N–H and O–H groups in total. The van der Waals surface area contributed by atoms with Gasteiger partial charge in [0, 0.05) is 30.1 Å². The Bertz CT molecular complexity index is 448. The number of thioether (sulfide) groups is 1. The van der Waals surface area contributed by atoms with Gasteiger partial charge in [-0.1, -0.05) is 24.3 Å². The zero-order valence-electron chi connectivity index (χ0n) is 12.4. The lowest BCUT2D eigenvalue weighted by molar-refractivity contribution is 0.223. The summed E-state index contributed by atoms with van der Waals surface area (Å²) in [4.78, 5) is 2.47. The molecular weight excluding hydrogens is 264 g/mol. The van der Waals surface area contributed by atoms with E-state index in [2.05, 4.69) is 48.0 Å². The Morgan fingerprint density at radius 2 is 2.25 bits per heavy atom. The Morgan fingerprint density at radius 3 is 3.10 bits per heavy atom. The van der Waals surface area contributed by atoms with Gasteiger partial charge >= 0.3 is 0 Å². The van der Waals surface area contributed by atoms with E-state index < -0.39 is 0 Å². The average Bonchev–Trinajstić information content (AvgIpc) is 2.48. The Kier molecular flexibility index (Phi) is 4.69. The molecule has 0 saturated carbocycles. The summed E-state index contributed by atoms with van der Waals surface area (Å²) >= 11 is 2.06. The van der Waals surface area contributed by atoms with Crippen LogP contribution in [-0.4, -0.2) is 42.1 Å². The van der Waals surface area contributed by atoms with E-state index >= 15 is 0 Å². The first kappa shape index (κ1) is 14.4. The SMILES string of the molecule is CN1CCSCC1C(N)CC1CCCc2ccccc21. The molecule has 3 atom stereocenters. The van der Waals surface area contributed by atoms with Gasteiger partial charge in [0.1, 0.15) is 0 Å². The van der Waals surface area contributed by atoms with Crippen molar-refractivity contribution in [3.8, 4) is 0 Å². The lowest BCUT2D eigenvalue weighted by Crippen LogP contribution is -2.51. The second-order valence-corrected chi connectivity index (χ2v) is 7.46. The van der Waals surface area contributed by atoms with Crippen LogP contribution in [-0.2, 0) is 6.42 Å². The van der Waals surface area contributed by atoms with Crippen LogP contribution in [0, 0.1) is 0 Å².